The largest absolute Gasteiger partial charge is 0.504 e. The summed E-state index contributed by atoms with van der Waals surface area (Å²) in [4.78, 5) is 38.9. The Bertz CT molecular complexity index is 1110. The Balaban J connectivity index is 1.70. The molecule has 0 bridgehead atoms. The van der Waals surface area contributed by atoms with E-state index in [1.165, 1.54) is 11.1 Å². The van der Waals surface area contributed by atoms with E-state index >= 15 is 0 Å². The highest BCUT2D eigenvalue weighted by atomic mass is 16.3. The van der Waals surface area contributed by atoms with Crippen molar-refractivity contribution in [2.75, 3.05) is 0 Å². The van der Waals surface area contributed by atoms with Crippen LogP contribution in [0.5, 0.6) is 0 Å². The van der Waals surface area contributed by atoms with Gasteiger partial charge in [-0.3, -0.25) is 14.4 Å². The molecule has 0 heterocycles. The van der Waals surface area contributed by atoms with Crippen LogP contribution in [0, 0.1) is 34.0 Å². The van der Waals surface area contributed by atoms with Crippen molar-refractivity contribution in [3.05, 3.63) is 45.8 Å². The molecule has 2 saturated carbocycles. The van der Waals surface area contributed by atoms with Crippen LogP contribution < -0.4 is 0 Å². The minimum atomic E-state index is -0.460. The molecule has 0 aliphatic heterocycles. The smallest absolute Gasteiger partial charge is 0.220 e. The number of aliphatic hydroxyl groups excluding tert-OH is 1. The van der Waals surface area contributed by atoms with Crippen molar-refractivity contribution in [2.24, 2.45) is 34.0 Å². The summed E-state index contributed by atoms with van der Waals surface area (Å²) in [6.45, 7) is 12.7. The minimum absolute atomic E-state index is 0.0520. The number of aliphatic hydroxyl groups is 1. The quantitative estimate of drug-likeness (QED) is 0.504. The third kappa shape index (κ3) is 2.53. The molecule has 1 N–H and O–H groups in total. The van der Waals surface area contributed by atoms with Crippen molar-refractivity contribution in [1.82, 2.24) is 0 Å². The minimum Gasteiger partial charge on any atom is -0.504 e. The highest BCUT2D eigenvalue weighted by Crippen LogP contribution is 2.69. The highest BCUT2D eigenvalue weighted by molar-refractivity contribution is 6.09. The molecule has 5 aliphatic rings. The monoisotopic (exact) mass is 434 g/mol. The lowest BCUT2D eigenvalue weighted by Crippen LogP contribution is -2.57. The van der Waals surface area contributed by atoms with Gasteiger partial charge in [0.05, 0.1) is 5.92 Å². The van der Waals surface area contributed by atoms with E-state index in [1.54, 1.807) is 19.1 Å². The zero-order valence-electron chi connectivity index (χ0n) is 20.1. The number of hydrogen-bond acceptors (Lipinski definition) is 4. The molecule has 170 valence electrons. The zero-order chi connectivity index (χ0) is 23.4. The molecule has 0 radical (unpaired) electrons. The van der Waals surface area contributed by atoms with Crippen molar-refractivity contribution in [1.29, 1.82) is 0 Å². The molecule has 1 unspecified atom stereocenters. The third-order valence-electron chi connectivity index (χ3n) is 9.91. The summed E-state index contributed by atoms with van der Waals surface area (Å²) in [5.41, 5.74) is 4.03. The molecular weight excluding hydrogens is 400 g/mol. The molecule has 32 heavy (non-hydrogen) atoms. The van der Waals surface area contributed by atoms with Crippen LogP contribution in [0.4, 0.5) is 0 Å². The maximum absolute atomic E-state index is 13.7. The van der Waals surface area contributed by atoms with Gasteiger partial charge in [0.25, 0.3) is 0 Å². The topological polar surface area (TPSA) is 71.4 Å². The Morgan fingerprint density at radius 2 is 1.62 bits per heavy atom. The van der Waals surface area contributed by atoms with Gasteiger partial charge in [-0.05, 0) is 79.6 Å². The third-order valence-corrected chi connectivity index (χ3v) is 9.91. The lowest BCUT2D eigenvalue weighted by Gasteiger charge is -2.63. The van der Waals surface area contributed by atoms with Crippen molar-refractivity contribution in [3.63, 3.8) is 0 Å². The van der Waals surface area contributed by atoms with Gasteiger partial charge >= 0.3 is 0 Å². The normalized spacial score (nSPS) is 43.8. The van der Waals surface area contributed by atoms with Crippen molar-refractivity contribution < 1.29 is 19.5 Å². The van der Waals surface area contributed by atoms with Crippen LogP contribution in [0.2, 0.25) is 0 Å². The van der Waals surface area contributed by atoms with Crippen LogP contribution in [0.1, 0.15) is 73.6 Å². The van der Waals surface area contributed by atoms with E-state index in [-0.39, 0.29) is 40.0 Å². The second-order valence-corrected chi connectivity index (χ2v) is 12.0. The van der Waals surface area contributed by atoms with Gasteiger partial charge in [-0.25, -0.2) is 0 Å². The van der Waals surface area contributed by atoms with E-state index < -0.39 is 5.41 Å². The maximum atomic E-state index is 13.7. The highest BCUT2D eigenvalue weighted by Gasteiger charge is 2.63. The Labute approximate surface area is 190 Å². The Kier molecular flexibility index (Phi) is 4.34. The molecular formula is C28H34O4. The SMILES string of the molecule is CC1=C2C3C(=O)C=C4C(=CC(=O)C(O)=C4C)[C@]3(C)CC[C@@]2(C)[C@@H]2C[C@@H](C)C(=O)C[C@]2(C)C1. The van der Waals surface area contributed by atoms with E-state index in [4.69, 9.17) is 0 Å². The Morgan fingerprint density at radius 3 is 2.31 bits per heavy atom. The average molecular weight is 435 g/mol. The molecule has 0 aromatic rings. The number of Topliss-reactive ketones (excluding diaryl/α,β-unsaturated/α-hetero) is 1. The molecule has 0 aromatic carbocycles. The number of hydrogen-bond donors (Lipinski definition) is 1. The van der Waals surface area contributed by atoms with Crippen LogP contribution in [0.15, 0.2) is 45.8 Å². The van der Waals surface area contributed by atoms with Gasteiger partial charge in [0, 0.05) is 23.3 Å². The maximum Gasteiger partial charge on any atom is 0.220 e. The van der Waals surface area contributed by atoms with Crippen LogP contribution in [0.3, 0.4) is 0 Å². The number of rotatable bonds is 0. The molecule has 6 atom stereocenters. The fraction of sp³-hybridized carbons (Fsp3) is 0.607. The lowest BCUT2D eigenvalue weighted by atomic mass is 9.40. The second kappa shape index (κ2) is 6.42. The molecule has 5 rings (SSSR count). The average Bonchev–Trinajstić information content (AvgIpc) is 2.70. The van der Waals surface area contributed by atoms with Crippen LogP contribution in [-0.4, -0.2) is 22.5 Å². The lowest BCUT2D eigenvalue weighted by molar-refractivity contribution is -0.137. The number of carbonyl (C=O) groups is 3. The number of allylic oxidation sites excluding steroid dienone is 7. The van der Waals surface area contributed by atoms with Crippen molar-refractivity contribution in [3.8, 4) is 0 Å². The standard InChI is InChI=1S/C28H34O4/c1-14-9-22-26(4,13-21(14)31)12-15(2)23-24-19(29)10-17-16(3)25(32)20(30)11-18(17)27(24,5)7-8-28(22,23)6/h10-11,14,22,24,32H,7-9,12-13H2,1-6H3/t14-,22-,24?,26+,27+,28+/m1/s1. The van der Waals surface area contributed by atoms with E-state index in [0.717, 1.165) is 36.8 Å². The van der Waals surface area contributed by atoms with E-state index in [1.807, 2.05) is 0 Å². The predicted molar refractivity (Wildman–Crippen MR) is 123 cm³/mol. The molecule has 0 spiro atoms. The first-order valence-electron chi connectivity index (χ1n) is 12.0. The van der Waals surface area contributed by atoms with Gasteiger partial charge in [0.2, 0.25) is 5.78 Å². The number of carbonyl (C=O) groups excluding carboxylic acids is 3. The first-order chi connectivity index (χ1) is 14.8. The fourth-order valence-electron chi connectivity index (χ4n) is 8.35. The molecule has 4 nitrogen and oxygen atoms in total. The van der Waals surface area contributed by atoms with Gasteiger partial charge in [0.1, 0.15) is 5.78 Å². The zero-order valence-corrected chi connectivity index (χ0v) is 20.1. The van der Waals surface area contributed by atoms with E-state index in [9.17, 15) is 19.5 Å². The summed E-state index contributed by atoms with van der Waals surface area (Å²) < 4.78 is 0. The van der Waals surface area contributed by atoms with Crippen molar-refractivity contribution >= 4 is 17.3 Å². The van der Waals surface area contributed by atoms with E-state index in [0.29, 0.717) is 23.7 Å². The summed E-state index contributed by atoms with van der Waals surface area (Å²) in [5, 5.41) is 10.2. The summed E-state index contributed by atoms with van der Waals surface area (Å²) in [6, 6.07) is 0. The van der Waals surface area contributed by atoms with Gasteiger partial charge in [0.15, 0.2) is 11.5 Å². The molecule has 4 heteroatoms. The van der Waals surface area contributed by atoms with E-state index in [2.05, 4.69) is 34.6 Å². The summed E-state index contributed by atoms with van der Waals surface area (Å²) in [5.74, 6) is 0.00899. The van der Waals surface area contributed by atoms with Gasteiger partial charge in [-0.2, -0.15) is 0 Å². The molecule has 0 amide bonds. The second-order valence-electron chi connectivity index (χ2n) is 12.0. The molecule has 5 aliphatic carbocycles. The van der Waals surface area contributed by atoms with Gasteiger partial charge < -0.3 is 5.11 Å². The summed E-state index contributed by atoms with van der Waals surface area (Å²) in [7, 11) is 0. The number of fused-ring (bicyclic) bond motifs is 7. The predicted octanol–water partition coefficient (Wildman–Crippen LogP) is 5.60. The van der Waals surface area contributed by atoms with Crippen molar-refractivity contribution in [2.45, 2.75) is 73.6 Å². The molecule has 0 aromatic heterocycles. The fourth-order valence-corrected chi connectivity index (χ4v) is 8.35. The molecule has 2 fully saturated rings. The Hall–Kier alpha value is -2.23. The first kappa shape index (κ1) is 21.6. The summed E-state index contributed by atoms with van der Waals surface area (Å²) >= 11 is 0. The van der Waals surface area contributed by atoms with Crippen LogP contribution in [0.25, 0.3) is 0 Å². The van der Waals surface area contributed by atoms with Gasteiger partial charge in [-0.1, -0.05) is 38.8 Å². The number of ketones is 3. The summed E-state index contributed by atoms with van der Waals surface area (Å²) in [6.07, 6.45) is 7.36. The van der Waals surface area contributed by atoms with Crippen LogP contribution in [-0.2, 0) is 14.4 Å². The van der Waals surface area contributed by atoms with Gasteiger partial charge in [-0.15, -0.1) is 0 Å². The molecule has 0 saturated heterocycles. The van der Waals surface area contributed by atoms with Crippen LogP contribution >= 0.6 is 0 Å². The Morgan fingerprint density at radius 1 is 0.969 bits per heavy atom. The first-order valence-corrected chi connectivity index (χ1v) is 12.0.